The van der Waals surface area contributed by atoms with Gasteiger partial charge in [0.25, 0.3) is 52.3 Å². The average Bonchev–Trinajstić information content (AvgIpc) is 1.59. The van der Waals surface area contributed by atoms with Crippen molar-refractivity contribution in [2.45, 2.75) is 143 Å². The summed E-state index contributed by atoms with van der Waals surface area (Å²) in [5.74, 6) is -9.53. The summed E-state index contributed by atoms with van der Waals surface area (Å²) in [5.41, 5.74) is 8.99. The Morgan fingerprint density at radius 2 is 1.34 bits per heavy atom. The zero-order chi connectivity index (χ0) is 80.0. The Bertz CT molecular complexity index is 4800. The van der Waals surface area contributed by atoms with Crippen molar-refractivity contribution in [1.82, 2.24) is 31.2 Å². The summed E-state index contributed by atoms with van der Waals surface area (Å²) in [6.07, 6.45) is 9.42. The zero-order valence-corrected chi connectivity index (χ0v) is 63.3. The Morgan fingerprint density at radius 1 is 0.706 bits per heavy atom. The van der Waals surface area contributed by atoms with E-state index in [9.17, 15) is 99.3 Å². The van der Waals surface area contributed by atoms with Crippen LogP contribution in [0.15, 0.2) is 136 Å². The van der Waals surface area contributed by atoms with Gasteiger partial charge in [-0.1, -0.05) is 32.1 Å². The molecule has 38 heteroatoms. The van der Waals surface area contributed by atoms with Crippen LogP contribution in [-0.4, -0.2) is 207 Å². The number of nitrogens with two attached hydrogens (primary N) is 1. The van der Waals surface area contributed by atoms with Crippen LogP contribution in [0.1, 0.15) is 125 Å². The number of likely N-dealkylation sites (tertiary alicyclic amines) is 1. The Kier molecular flexibility index (Phi) is 28.2. The second-order valence-electron chi connectivity index (χ2n) is 27.4. The normalized spacial score (nSPS) is 17.9. The average molecular weight is 1600 g/mol. The minimum absolute atomic E-state index is 0.000320. The number of nitrogens with one attached hydrogen (secondary N) is 4. The van der Waals surface area contributed by atoms with Crippen molar-refractivity contribution in [1.29, 1.82) is 0 Å². The highest BCUT2D eigenvalue weighted by molar-refractivity contribution is 7.86. The molecule has 0 bridgehead atoms. The van der Waals surface area contributed by atoms with Crippen LogP contribution < -0.4 is 36.6 Å². The number of primary amides is 1. The summed E-state index contributed by atoms with van der Waals surface area (Å²) in [6.45, 7) is 5.41. The number of pyridine rings is 1. The number of allylic oxidation sites excluding steroid dienone is 7. The molecule has 0 radical (unpaired) electrons. The highest BCUT2D eigenvalue weighted by Crippen LogP contribution is 2.49. The molecule has 1 fully saturated rings. The van der Waals surface area contributed by atoms with E-state index >= 15 is 0 Å². The van der Waals surface area contributed by atoms with Gasteiger partial charge in [-0.05, 0) is 141 Å². The number of nitrogens with zero attached hydrogens (tertiary/aromatic N) is 4. The fourth-order valence-corrected chi connectivity index (χ4v) is 15.2. The molecule has 32 nitrogen and oxygen atoms in total. The lowest BCUT2D eigenvalue weighted by Gasteiger charge is -2.27. The van der Waals surface area contributed by atoms with Crippen LogP contribution in [0.5, 0.6) is 5.75 Å². The highest BCUT2D eigenvalue weighted by Gasteiger charge is 2.50. The van der Waals surface area contributed by atoms with Crippen LogP contribution in [0, 0.1) is 0 Å². The molecule has 1 aliphatic carbocycles. The van der Waals surface area contributed by atoms with E-state index < -0.39 is 148 Å². The first-order chi connectivity index (χ1) is 51.0. The minimum Gasteiger partial charge on any atom is -0.480 e. The number of fused-ring (bicyclic) bond motifs is 2. The molecule has 11 N–H and O–H groups in total. The van der Waals surface area contributed by atoms with E-state index in [-0.39, 0.29) is 112 Å². The second-order valence-corrected chi connectivity index (χ2v) is 33.4. The molecule has 1 saturated heterocycles. The van der Waals surface area contributed by atoms with Gasteiger partial charge in [0.2, 0.25) is 35.2 Å². The van der Waals surface area contributed by atoms with Gasteiger partial charge in [-0.3, -0.25) is 52.0 Å². The summed E-state index contributed by atoms with van der Waals surface area (Å²) in [4.78, 5) is 93.4. The molecule has 592 valence electrons. The van der Waals surface area contributed by atoms with Crippen molar-refractivity contribution >= 4 is 99.0 Å². The van der Waals surface area contributed by atoms with Gasteiger partial charge in [0, 0.05) is 84.9 Å². The Morgan fingerprint density at radius 3 is 1.97 bits per heavy atom. The molecule has 3 aromatic carbocycles. The van der Waals surface area contributed by atoms with Crippen molar-refractivity contribution in [2.24, 2.45) is 5.73 Å². The van der Waals surface area contributed by atoms with E-state index in [1.165, 1.54) is 42.6 Å². The Balaban J connectivity index is 0.882. The van der Waals surface area contributed by atoms with Crippen LogP contribution in [0.2, 0.25) is 0 Å². The first kappa shape index (κ1) is 85.4. The number of amides is 6. The Hall–Kier alpha value is -9.25. The molecular weight excluding hydrogens is 1510 g/mol. The van der Waals surface area contributed by atoms with Crippen LogP contribution in [-0.2, 0) is 103 Å². The first-order valence-electron chi connectivity index (χ1n) is 34.6. The monoisotopic (exact) mass is 1600 g/mol. The summed E-state index contributed by atoms with van der Waals surface area (Å²) >= 11 is 0. The number of anilines is 1. The molecule has 0 saturated carbocycles. The molecule has 6 amide bonds. The van der Waals surface area contributed by atoms with E-state index in [2.05, 4.69) is 26.3 Å². The van der Waals surface area contributed by atoms with Crippen molar-refractivity contribution in [2.75, 3.05) is 75.6 Å². The van der Waals surface area contributed by atoms with Gasteiger partial charge >= 0.3 is 5.97 Å². The number of rotatable bonds is 38. The second kappa shape index (κ2) is 36.1. The van der Waals surface area contributed by atoms with Crippen molar-refractivity contribution in [3.05, 3.63) is 154 Å². The van der Waals surface area contributed by atoms with Crippen molar-refractivity contribution in [3.8, 4) is 5.75 Å². The summed E-state index contributed by atoms with van der Waals surface area (Å²) < 4.78 is 183. The van der Waals surface area contributed by atoms with Gasteiger partial charge < -0.3 is 56.1 Å². The number of aliphatic carboxylic acids is 1. The van der Waals surface area contributed by atoms with E-state index in [4.69, 9.17) is 19.9 Å². The van der Waals surface area contributed by atoms with Crippen LogP contribution in [0.25, 0.3) is 0 Å². The topological polar surface area (TPSA) is 481 Å². The van der Waals surface area contributed by atoms with Crippen LogP contribution in [0.4, 0.5) is 20.2 Å². The predicted octanol–water partition coefficient (Wildman–Crippen LogP) is 4.78. The maximum Gasteiger partial charge on any atom is 0.326 e. The molecule has 1 aromatic heterocycles. The van der Waals surface area contributed by atoms with Gasteiger partial charge in [-0.15, -0.1) is 0 Å². The zero-order valence-electron chi connectivity index (χ0n) is 60.1. The number of halogens is 2. The molecule has 0 unspecified atom stereocenters. The fourth-order valence-electron chi connectivity index (χ4n) is 13.0. The quantitative estimate of drug-likeness (QED) is 0.0164. The number of aromatic nitrogens is 1. The third kappa shape index (κ3) is 23.9. The smallest absolute Gasteiger partial charge is 0.326 e. The third-order valence-electron chi connectivity index (χ3n) is 18.6. The van der Waals surface area contributed by atoms with E-state index in [0.717, 1.165) is 0 Å². The van der Waals surface area contributed by atoms with Crippen molar-refractivity contribution < 1.29 is 118 Å². The maximum atomic E-state index is 13.9. The lowest BCUT2D eigenvalue weighted by Crippen LogP contribution is -2.47. The molecule has 4 aromatic rings. The molecule has 109 heavy (non-hydrogen) atoms. The molecule has 0 spiro atoms. The molecule has 4 aliphatic rings. The van der Waals surface area contributed by atoms with Gasteiger partial charge in [0.1, 0.15) is 30.1 Å². The van der Waals surface area contributed by atoms with Gasteiger partial charge in [-0.2, -0.15) is 38.2 Å². The van der Waals surface area contributed by atoms with Crippen molar-refractivity contribution in [3.63, 3.8) is 0 Å². The first-order valence-corrected chi connectivity index (χ1v) is 40.7. The molecule has 3 aliphatic heterocycles. The lowest BCUT2D eigenvalue weighted by atomic mass is 9.81. The highest BCUT2D eigenvalue weighted by atomic mass is 32.2. The van der Waals surface area contributed by atoms with E-state index in [1.54, 1.807) is 36.4 Å². The van der Waals surface area contributed by atoms with Gasteiger partial charge in [-0.25, -0.2) is 13.6 Å². The SMILES string of the molecule is CC1(C)C(/C=C/C2=C(Oc3ccc(C[C@H](NC(=O)CCOCCOCCC(=O)NCC(=O)NCc4cc(C(=O)NCC(=O)N5CC(F)(F)C[C@H]5C(N)=O)ccn4)C(=O)O)cc3)C(=C/C=C3/N(CCCCS(=O)(=O)O)c4ccc(S(=O)(=O)O)cc4C3(C)C)/CCC2)=[N+](CCCCS(=O)(=O)O)c2ccc(S(=O)(=O)O)cc21. The summed E-state index contributed by atoms with van der Waals surface area (Å²) in [5, 5.41) is 20.0. The fraction of sp³-hybridized carbons (Fsp3) is 0.451. The minimum atomic E-state index is -4.64. The van der Waals surface area contributed by atoms with Crippen LogP contribution >= 0.6 is 0 Å². The maximum absolute atomic E-state index is 13.9. The number of carbonyl (C=O) groups is 7. The number of hydrogen-bond acceptors (Lipinski definition) is 20. The largest absolute Gasteiger partial charge is 0.480 e. The number of alkyl halides is 2. The molecule has 4 heterocycles. The van der Waals surface area contributed by atoms with E-state index in [1.807, 2.05) is 61.5 Å². The lowest BCUT2D eigenvalue weighted by molar-refractivity contribution is -0.438. The molecular formula is C71H88F2N9O23S4+. The van der Waals surface area contributed by atoms with Gasteiger partial charge in [0.15, 0.2) is 5.71 Å². The summed E-state index contributed by atoms with van der Waals surface area (Å²) in [6, 6.07) is 14.6. The predicted molar refractivity (Wildman–Crippen MR) is 390 cm³/mol. The standard InChI is InChI=1S/C71H87F2N9O23S4/c1-69(2)53-38-51(108(97,98)99)18-20-56(53)80(28-5-7-34-106(91,92)93)59(69)22-14-46-10-9-11-47(15-23-60-70(3,4)54-39-52(109(100,101)102)19-21-57(54)81(60)29-6-8-35-107(94,95)96)65(46)105-50-16-12-45(13-17-50)36-55(68(89)90)79-62(84)26-31-104-33-32-103-30-25-61(83)77-42-63(85)76-41-49-37-48(24-27-75-49)67(88)78-43-64(86)82-44-71(72,73)40-58(82)66(74)87/h12-24,27,37-39,55,58H,5-11,25-26,28-36,40-44H2,1-4H3,(H10-,74,76,77,78,79,83,84,85,87,88,89,90,91,92,93,94,95,96,97,98,99,100,101,102)/p+1/t55-,58-/m0/s1. The third-order valence-corrected chi connectivity index (χ3v) is 21.9. The van der Waals surface area contributed by atoms with Gasteiger partial charge in [0.05, 0.1) is 85.0 Å². The van der Waals surface area contributed by atoms with E-state index in [0.29, 0.717) is 86.3 Å². The summed E-state index contributed by atoms with van der Waals surface area (Å²) in [7, 11) is -17.9. The molecule has 8 rings (SSSR count). The Labute approximate surface area is 629 Å². The number of unbranched alkanes of at least 4 members (excludes halogenated alkanes) is 2. The number of benzene rings is 3. The number of carboxylic acid groups (broad SMARTS) is 1. The number of ether oxygens (including phenoxy) is 3. The van der Waals surface area contributed by atoms with Crippen LogP contribution in [0.3, 0.4) is 0 Å². The molecule has 2 atom stereocenters. The number of carbonyl (C=O) groups excluding carboxylic acids is 6. The number of hydrogen-bond donors (Lipinski definition) is 10. The number of carboxylic acids is 1.